The van der Waals surface area contributed by atoms with Gasteiger partial charge in [-0.1, -0.05) is 42.5 Å². The van der Waals surface area contributed by atoms with Crippen LogP contribution >= 0.6 is 0 Å². The molecule has 0 bridgehead atoms. The van der Waals surface area contributed by atoms with Gasteiger partial charge in [0.25, 0.3) is 15.9 Å². The van der Waals surface area contributed by atoms with Crippen LogP contribution < -0.4 is 10.1 Å². The van der Waals surface area contributed by atoms with Crippen LogP contribution in [0.2, 0.25) is 0 Å². The number of carbonyl (C=O) groups is 2. The lowest BCUT2D eigenvalue weighted by atomic mass is 10.1. The van der Waals surface area contributed by atoms with E-state index in [1.54, 1.807) is 75.4 Å². The molecule has 0 radical (unpaired) electrons. The number of hydrogen-bond donors (Lipinski definition) is 2. The van der Waals surface area contributed by atoms with E-state index in [1.807, 2.05) is 0 Å². The summed E-state index contributed by atoms with van der Waals surface area (Å²) in [6.45, 7) is 5.67. The highest BCUT2D eigenvalue weighted by Crippen LogP contribution is 2.38. The van der Waals surface area contributed by atoms with Crippen molar-refractivity contribution in [3.63, 3.8) is 0 Å². The Kier molecular flexibility index (Phi) is 7.12. The monoisotopic (exact) mass is 472 g/mol. The highest BCUT2D eigenvalue weighted by atomic mass is 32.2. The Hall–Kier alpha value is -3.33. The molecule has 8 nitrogen and oxygen atoms in total. The van der Waals surface area contributed by atoms with E-state index in [0.29, 0.717) is 36.4 Å². The number of hydrogen-bond acceptors (Lipinski definition) is 6. The summed E-state index contributed by atoms with van der Waals surface area (Å²) in [5.74, 6) is -0.945. The van der Waals surface area contributed by atoms with Gasteiger partial charge in [0.15, 0.2) is 0 Å². The third kappa shape index (κ3) is 5.54. The predicted octanol–water partition coefficient (Wildman–Crippen LogP) is 3.01. The Morgan fingerprint density at radius 1 is 1.09 bits per heavy atom. The second kappa shape index (κ2) is 9.66. The van der Waals surface area contributed by atoms with Crippen LogP contribution in [0.4, 0.5) is 0 Å². The first-order valence-electron chi connectivity index (χ1n) is 10.6. The highest BCUT2D eigenvalue weighted by Gasteiger charge is 2.49. The molecule has 2 N–H and O–H groups in total. The Morgan fingerprint density at radius 2 is 1.79 bits per heavy atom. The molecular weight excluding hydrogens is 444 g/mol. The molecule has 33 heavy (non-hydrogen) atoms. The fourth-order valence-corrected chi connectivity index (χ4v) is 5.69. The maximum atomic E-state index is 13.3. The van der Waals surface area contributed by atoms with Crippen molar-refractivity contribution < 1.29 is 27.9 Å². The van der Waals surface area contributed by atoms with Crippen LogP contribution in [0.5, 0.6) is 5.75 Å². The summed E-state index contributed by atoms with van der Waals surface area (Å²) in [7, 11) is -4.02. The summed E-state index contributed by atoms with van der Waals surface area (Å²) in [6.07, 6.45) is 0.410. The van der Waals surface area contributed by atoms with Gasteiger partial charge in [0.05, 0.1) is 18.6 Å². The summed E-state index contributed by atoms with van der Waals surface area (Å²) in [5, 5.41) is 11.9. The van der Waals surface area contributed by atoms with Gasteiger partial charge in [-0.05, 0) is 50.5 Å². The molecule has 1 aliphatic rings. The molecule has 1 aliphatic heterocycles. The minimum absolute atomic E-state index is 0.0229. The van der Waals surface area contributed by atoms with Crippen LogP contribution in [0.15, 0.2) is 60.3 Å². The topological polar surface area (TPSA) is 113 Å². The number of carboxylic acid groups (broad SMARTS) is 1. The van der Waals surface area contributed by atoms with Crippen LogP contribution in [0.3, 0.4) is 0 Å². The van der Waals surface area contributed by atoms with Gasteiger partial charge < -0.3 is 15.2 Å². The Balaban J connectivity index is 1.71. The van der Waals surface area contributed by atoms with Crippen molar-refractivity contribution in [2.75, 3.05) is 13.2 Å². The number of ether oxygens (including phenoxy) is 1. The summed E-state index contributed by atoms with van der Waals surface area (Å²) >= 11 is 0. The molecule has 0 saturated carbocycles. The summed E-state index contributed by atoms with van der Waals surface area (Å²) in [6, 6.07) is 15.4. The summed E-state index contributed by atoms with van der Waals surface area (Å²) in [4.78, 5) is 24.0. The van der Waals surface area contributed by atoms with Crippen LogP contribution in [-0.4, -0.2) is 48.4 Å². The molecule has 3 rings (SSSR count). The fraction of sp³-hybridized carbons (Fsp3) is 0.333. The molecule has 2 aromatic carbocycles. The van der Waals surface area contributed by atoms with E-state index in [4.69, 9.17) is 9.84 Å². The smallest absolute Gasteiger partial charge is 0.307 e. The molecule has 0 unspecified atom stereocenters. The minimum Gasteiger partial charge on any atom is -0.494 e. The van der Waals surface area contributed by atoms with Gasteiger partial charge in [-0.25, -0.2) is 12.7 Å². The first-order chi connectivity index (χ1) is 15.5. The number of aliphatic carboxylic acids is 1. The molecule has 2 aromatic rings. The number of sulfonamides is 1. The molecule has 0 fully saturated rings. The number of benzene rings is 2. The molecular formula is C24H28N2O6S. The van der Waals surface area contributed by atoms with Crippen LogP contribution in [0.25, 0.3) is 4.91 Å². The molecule has 1 amide bonds. The quantitative estimate of drug-likeness (QED) is 0.540. The molecule has 176 valence electrons. The number of rotatable bonds is 9. The fourth-order valence-electron chi connectivity index (χ4n) is 3.63. The van der Waals surface area contributed by atoms with E-state index < -0.39 is 27.4 Å². The first kappa shape index (κ1) is 24.3. The molecule has 0 aliphatic carbocycles. The first-order valence-corrected chi connectivity index (χ1v) is 12.0. The Labute approximate surface area is 193 Å². The van der Waals surface area contributed by atoms with E-state index in [1.165, 1.54) is 0 Å². The third-order valence-corrected chi connectivity index (χ3v) is 7.06. The number of nitrogens with one attached hydrogen (secondary N) is 1. The largest absolute Gasteiger partial charge is 0.494 e. The van der Waals surface area contributed by atoms with Crippen molar-refractivity contribution in [3.05, 3.63) is 71.4 Å². The highest BCUT2D eigenvalue weighted by molar-refractivity contribution is 7.99. The van der Waals surface area contributed by atoms with Crippen molar-refractivity contribution in [1.29, 1.82) is 0 Å². The van der Waals surface area contributed by atoms with Gasteiger partial charge in [-0.2, -0.15) is 0 Å². The number of nitrogens with zero attached hydrogens (tertiary/aromatic N) is 1. The average Bonchev–Trinajstić information content (AvgIpc) is 2.92. The molecule has 9 heteroatoms. The minimum atomic E-state index is -4.02. The van der Waals surface area contributed by atoms with Crippen molar-refractivity contribution in [2.45, 2.75) is 39.2 Å². The zero-order chi connectivity index (χ0) is 24.2. The summed E-state index contributed by atoms with van der Waals surface area (Å²) in [5.41, 5.74) is 0.231. The predicted molar refractivity (Wildman–Crippen MR) is 125 cm³/mol. The SMILES string of the molecule is CC(C)(C)N1C(=O)C(NCCCOc2cccc(CC(=O)O)c2)=C(c2ccccc2)S1(=O)=O. The van der Waals surface area contributed by atoms with E-state index in [-0.39, 0.29) is 17.0 Å². The Morgan fingerprint density at radius 3 is 2.42 bits per heavy atom. The van der Waals surface area contributed by atoms with Gasteiger partial charge in [0.1, 0.15) is 16.4 Å². The number of carboxylic acids is 1. The molecule has 1 heterocycles. The molecule has 0 atom stereocenters. The van der Waals surface area contributed by atoms with Crippen LogP contribution in [-0.2, 0) is 26.0 Å². The van der Waals surface area contributed by atoms with Gasteiger partial charge in [0, 0.05) is 6.54 Å². The van der Waals surface area contributed by atoms with Crippen molar-refractivity contribution in [3.8, 4) is 5.75 Å². The third-order valence-electron chi connectivity index (χ3n) is 4.91. The number of amides is 1. The van der Waals surface area contributed by atoms with Crippen LogP contribution in [0.1, 0.15) is 38.3 Å². The summed E-state index contributed by atoms with van der Waals surface area (Å²) < 4.78 is 33.2. The van der Waals surface area contributed by atoms with Gasteiger partial charge in [-0.15, -0.1) is 0 Å². The lowest BCUT2D eigenvalue weighted by Crippen LogP contribution is -2.46. The second-order valence-electron chi connectivity index (χ2n) is 8.66. The Bertz CT molecular complexity index is 1170. The van der Waals surface area contributed by atoms with E-state index in [2.05, 4.69) is 5.32 Å². The second-order valence-corrected chi connectivity index (χ2v) is 10.4. The van der Waals surface area contributed by atoms with E-state index in [0.717, 1.165) is 4.31 Å². The molecule has 0 aromatic heterocycles. The van der Waals surface area contributed by atoms with Gasteiger partial charge in [-0.3, -0.25) is 9.59 Å². The average molecular weight is 473 g/mol. The maximum Gasteiger partial charge on any atom is 0.307 e. The normalized spacial score (nSPS) is 15.6. The van der Waals surface area contributed by atoms with E-state index in [9.17, 15) is 18.0 Å². The zero-order valence-corrected chi connectivity index (χ0v) is 19.7. The lowest BCUT2D eigenvalue weighted by Gasteiger charge is -2.30. The van der Waals surface area contributed by atoms with E-state index >= 15 is 0 Å². The van der Waals surface area contributed by atoms with Crippen molar-refractivity contribution in [1.82, 2.24) is 9.62 Å². The van der Waals surface area contributed by atoms with Crippen molar-refractivity contribution in [2.24, 2.45) is 0 Å². The number of carbonyl (C=O) groups excluding carboxylic acids is 1. The zero-order valence-electron chi connectivity index (χ0n) is 18.9. The van der Waals surface area contributed by atoms with Gasteiger partial charge >= 0.3 is 5.97 Å². The maximum absolute atomic E-state index is 13.3. The molecule has 0 saturated heterocycles. The van der Waals surface area contributed by atoms with Gasteiger partial charge in [0.2, 0.25) is 0 Å². The molecule has 0 spiro atoms. The van der Waals surface area contributed by atoms with Crippen molar-refractivity contribution >= 4 is 26.8 Å². The van der Waals surface area contributed by atoms with Crippen LogP contribution in [0, 0.1) is 0 Å². The lowest BCUT2D eigenvalue weighted by molar-refractivity contribution is -0.136. The standard InChI is InChI=1S/C24H28N2O6S/c1-24(2,3)26-23(29)21(22(33(26,30)31)18-10-5-4-6-11-18)25-13-8-14-32-19-12-7-9-17(15-19)16-20(27)28/h4-7,9-12,15,25H,8,13-14,16H2,1-3H3,(H,27,28).